The Kier molecular flexibility index (Phi) is 5.96. The predicted molar refractivity (Wildman–Crippen MR) is 74.2 cm³/mol. The molecule has 0 aliphatic carbocycles. The van der Waals surface area contributed by atoms with Crippen molar-refractivity contribution in [3.63, 3.8) is 0 Å². The summed E-state index contributed by atoms with van der Waals surface area (Å²) >= 11 is 0. The van der Waals surface area contributed by atoms with Crippen molar-refractivity contribution in [2.24, 2.45) is 5.92 Å². The molecule has 5 nitrogen and oxygen atoms in total. The third-order valence-corrected chi connectivity index (χ3v) is 2.95. The molecule has 0 saturated carbocycles. The maximum absolute atomic E-state index is 13.1. The Morgan fingerprint density at radius 3 is 2.75 bits per heavy atom. The number of halogens is 1. The van der Waals surface area contributed by atoms with Crippen molar-refractivity contribution in [1.29, 1.82) is 0 Å². The van der Waals surface area contributed by atoms with Crippen molar-refractivity contribution < 1.29 is 19.1 Å². The van der Waals surface area contributed by atoms with Crippen LogP contribution in [0.15, 0.2) is 24.3 Å². The fourth-order valence-electron chi connectivity index (χ4n) is 1.65. The second-order valence-corrected chi connectivity index (χ2v) is 4.76. The number of aliphatic carboxylic acids is 1. The van der Waals surface area contributed by atoms with Gasteiger partial charge >= 0.3 is 12.0 Å². The molecular weight excluding hydrogens is 263 g/mol. The molecule has 0 aromatic heterocycles. The zero-order valence-electron chi connectivity index (χ0n) is 11.6. The fourth-order valence-corrected chi connectivity index (χ4v) is 1.65. The maximum atomic E-state index is 13.1. The van der Waals surface area contributed by atoms with Crippen molar-refractivity contribution >= 4 is 17.7 Å². The van der Waals surface area contributed by atoms with Crippen LogP contribution in [0.4, 0.5) is 14.9 Å². The molecule has 0 saturated heterocycles. The van der Waals surface area contributed by atoms with Gasteiger partial charge in [-0.3, -0.25) is 9.69 Å². The summed E-state index contributed by atoms with van der Waals surface area (Å²) < 4.78 is 13.1. The molecule has 0 aliphatic heterocycles. The number of nitrogens with zero attached hydrogens (tertiary/aromatic N) is 1. The van der Waals surface area contributed by atoms with E-state index in [0.29, 0.717) is 18.7 Å². The van der Waals surface area contributed by atoms with Crippen LogP contribution in [0.3, 0.4) is 0 Å². The van der Waals surface area contributed by atoms with Gasteiger partial charge in [0.1, 0.15) is 5.82 Å². The first-order valence-electron chi connectivity index (χ1n) is 6.39. The van der Waals surface area contributed by atoms with Crippen molar-refractivity contribution in [2.45, 2.75) is 19.8 Å². The smallest absolute Gasteiger partial charge is 0.321 e. The van der Waals surface area contributed by atoms with Gasteiger partial charge in [-0.2, -0.15) is 0 Å². The monoisotopic (exact) mass is 282 g/mol. The maximum Gasteiger partial charge on any atom is 0.321 e. The molecule has 6 heteroatoms. The van der Waals surface area contributed by atoms with Crippen molar-refractivity contribution in [3.8, 4) is 0 Å². The number of hydrogen-bond donors (Lipinski definition) is 2. The summed E-state index contributed by atoms with van der Waals surface area (Å²) in [6.45, 7) is 2.25. The molecule has 0 aliphatic rings. The van der Waals surface area contributed by atoms with Crippen LogP contribution in [0.2, 0.25) is 0 Å². The normalized spacial score (nSPS) is 11.8. The Balaban J connectivity index is 2.44. The highest BCUT2D eigenvalue weighted by Gasteiger charge is 2.13. The van der Waals surface area contributed by atoms with Gasteiger partial charge in [0, 0.05) is 25.7 Å². The summed E-state index contributed by atoms with van der Waals surface area (Å²) in [5.41, 5.74) is 0.459. The molecule has 1 rings (SSSR count). The summed E-state index contributed by atoms with van der Waals surface area (Å²) in [6.07, 6.45) is 0.579. The minimum atomic E-state index is -0.847. The molecule has 1 atom stereocenters. The van der Waals surface area contributed by atoms with Gasteiger partial charge in [-0.1, -0.05) is 13.0 Å². The van der Waals surface area contributed by atoms with Gasteiger partial charge in [0.25, 0.3) is 0 Å². The van der Waals surface area contributed by atoms with Gasteiger partial charge in [-0.05, 0) is 30.5 Å². The van der Waals surface area contributed by atoms with Crippen LogP contribution >= 0.6 is 0 Å². The van der Waals surface area contributed by atoms with Crippen molar-refractivity contribution in [2.75, 3.05) is 18.5 Å². The van der Waals surface area contributed by atoms with Gasteiger partial charge < -0.3 is 10.4 Å². The molecule has 0 fully saturated rings. The van der Waals surface area contributed by atoms with E-state index in [4.69, 9.17) is 5.11 Å². The molecule has 2 amide bonds. The average molecular weight is 282 g/mol. The van der Waals surface area contributed by atoms with E-state index in [2.05, 4.69) is 5.32 Å². The molecule has 110 valence electrons. The second-order valence-electron chi connectivity index (χ2n) is 4.76. The molecule has 0 radical (unpaired) electrons. The van der Waals surface area contributed by atoms with Gasteiger partial charge in [-0.15, -0.1) is 0 Å². The summed E-state index contributed by atoms with van der Waals surface area (Å²) in [4.78, 5) is 23.6. The Labute approximate surface area is 117 Å². The Morgan fingerprint density at radius 1 is 1.45 bits per heavy atom. The van der Waals surface area contributed by atoms with E-state index >= 15 is 0 Å². The van der Waals surface area contributed by atoms with Gasteiger partial charge in [0.2, 0.25) is 0 Å². The topological polar surface area (TPSA) is 69.6 Å². The SMILES string of the molecule is CC(CCC(=O)O)CNC(=O)N(C)c1cccc(F)c1. The number of rotatable bonds is 6. The Hall–Kier alpha value is -2.11. The Bertz CT molecular complexity index is 479. The summed E-state index contributed by atoms with van der Waals surface area (Å²) in [7, 11) is 1.55. The van der Waals surface area contributed by atoms with Crippen molar-refractivity contribution in [1.82, 2.24) is 5.32 Å². The summed E-state index contributed by atoms with van der Waals surface area (Å²) in [5, 5.41) is 11.3. The zero-order chi connectivity index (χ0) is 15.1. The third-order valence-electron chi connectivity index (χ3n) is 2.95. The van der Waals surface area contributed by atoms with Crippen LogP contribution in [0.25, 0.3) is 0 Å². The molecule has 20 heavy (non-hydrogen) atoms. The quantitative estimate of drug-likeness (QED) is 0.842. The van der Waals surface area contributed by atoms with E-state index in [-0.39, 0.29) is 18.4 Å². The van der Waals surface area contributed by atoms with Crippen LogP contribution in [0.1, 0.15) is 19.8 Å². The van der Waals surface area contributed by atoms with E-state index in [0.717, 1.165) is 0 Å². The number of nitrogens with one attached hydrogen (secondary N) is 1. The van der Waals surface area contributed by atoms with Crippen LogP contribution in [-0.4, -0.2) is 30.7 Å². The van der Waals surface area contributed by atoms with Crippen LogP contribution < -0.4 is 10.2 Å². The van der Waals surface area contributed by atoms with Gasteiger partial charge in [0.15, 0.2) is 0 Å². The van der Waals surface area contributed by atoms with Crippen LogP contribution in [-0.2, 0) is 4.79 Å². The average Bonchev–Trinajstić information content (AvgIpc) is 2.41. The molecule has 0 spiro atoms. The lowest BCUT2D eigenvalue weighted by molar-refractivity contribution is -0.137. The minimum absolute atomic E-state index is 0.0657. The number of anilines is 1. The standard InChI is InChI=1S/C14H19FN2O3/c1-10(6-7-13(18)19)9-16-14(20)17(2)12-5-3-4-11(15)8-12/h3-5,8,10H,6-7,9H2,1-2H3,(H,16,20)(H,18,19). The largest absolute Gasteiger partial charge is 0.481 e. The first-order valence-corrected chi connectivity index (χ1v) is 6.39. The van der Waals surface area contributed by atoms with E-state index in [1.54, 1.807) is 13.1 Å². The highest BCUT2D eigenvalue weighted by molar-refractivity contribution is 5.91. The number of hydrogen-bond acceptors (Lipinski definition) is 2. The third kappa shape index (κ3) is 5.26. The zero-order valence-corrected chi connectivity index (χ0v) is 11.6. The number of carboxylic acid groups (broad SMARTS) is 1. The van der Waals surface area contributed by atoms with E-state index < -0.39 is 11.8 Å². The van der Waals surface area contributed by atoms with E-state index in [1.165, 1.54) is 23.1 Å². The first kappa shape index (κ1) is 15.9. The molecule has 1 unspecified atom stereocenters. The van der Waals surface area contributed by atoms with Gasteiger partial charge in [-0.25, -0.2) is 9.18 Å². The number of urea groups is 1. The number of benzene rings is 1. The van der Waals surface area contributed by atoms with Gasteiger partial charge in [0.05, 0.1) is 0 Å². The molecule has 2 N–H and O–H groups in total. The number of carboxylic acids is 1. The summed E-state index contributed by atoms with van der Waals surface area (Å²) in [5.74, 6) is -1.19. The highest BCUT2D eigenvalue weighted by Crippen LogP contribution is 2.14. The molecule has 0 bridgehead atoms. The molecule has 0 heterocycles. The molecule has 1 aromatic rings. The first-order chi connectivity index (χ1) is 9.40. The number of amides is 2. The minimum Gasteiger partial charge on any atom is -0.481 e. The number of carbonyl (C=O) groups is 2. The number of carbonyl (C=O) groups excluding carboxylic acids is 1. The Morgan fingerprint density at radius 2 is 2.15 bits per heavy atom. The lowest BCUT2D eigenvalue weighted by Crippen LogP contribution is -2.39. The molecular formula is C14H19FN2O3. The lowest BCUT2D eigenvalue weighted by atomic mass is 10.1. The lowest BCUT2D eigenvalue weighted by Gasteiger charge is -2.19. The van der Waals surface area contributed by atoms with Crippen molar-refractivity contribution in [3.05, 3.63) is 30.1 Å². The summed E-state index contributed by atoms with van der Waals surface area (Å²) in [6, 6.07) is 5.40. The van der Waals surface area contributed by atoms with Crippen LogP contribution in [0, 0.1) is 11.7 Å². The fraction of sp³-hybridized carbons (Fsp3) is 0.429. The van der Waals surface area contributed by atoms with E-state index in [1.807, 2.05) is 6.92 Å². The highest BCUT2D eigenvalue weighted by atomic mass is 19.1. The van der Waals surface area contributed by atoms with Crippen LogP contribution in [0.5, 0.6) is 0 Å². The molecule has 1 aromatic carbocycles. The predicted octanol–water partition coefficient (Wildman–Crippen LogP) is 2.47. The van der Waals surface area contributed by atoms with E-state index in [9.17, 15) is 14.0 Å². The second kappa shape index (κ2) is 7.47.